The molecule has 0 N–H and O–H groups in total. The number of rotatable bonds is 5. The SMILES string of the molecule is CC1(C)CSC(c2ccc(-c3c4ccccc4c(-c4ccc(C5=NC(C)(C)C(C)(C)N5c5ccccc5)cc4)c4ccccc34)cc2)=N1. The Morgan fingerprint density at radius 1 is 0.500 bits per heavy atom. The summed E-state index contributed by atoms with van der Waals surface area (Å²) in [5, 5.41) is 6.17. The molecule has 4 heteroatoms. The first-order chi connectivity index (χ1) is 23.0. The summed E-state index contributed by atoms with van der Waals surface area (Å²) in [7, 11) is 0. The maximum atomic E-state index is 5.32. The Balaban J connectivity index is 1.24. The van der Waals surface area contributed by atoms with E-state index in [-0.39, 0.29) is 16.6 Å². The largest absolute Gasteiger partial charge is 0.318 e. The van der Waals surface area contributed by atoms with Gasteiger partial charge in [-0.05, 0) is 97.5 Å². The first-order valence-electron chi connectivity index (χ1n) is 16.9. The minimum absolute atomic E-state index is 0.00186. The molecule has 3 nitrogen and oxygen atoms in total. The van der Waals surface area contributed by atoms with Gasteiger partial charge in [-0.2, -0.15) is 0 Å². The lowest BCUT2D eigenvalue weighted by atomic mass is 9.83. The van der Waals surface area contributed by atoms with Gasteiger partial charge in [-0.1, -0.05) is 115 Å². The van der Waals surface area contributed by atoms with Gasteiger partial charge >= 0.3 is 0 Å². The van der Waals surface area contributed by atoms with Crippen molar-refractivity contribution in [1.29, 1.82) is 0 Å². The summed E-state index contributed by atoms with van der Waals surface area (Å²) in [6.07, 6.45) is 0. The van der Waals surface area contributed by atoms with Gasteiger partial charge in [0, 0.05) is 22.6 Å². The molecule has 0 unspecified atom stereocenters. The van der Waals surface area contributed by atoms with Crippen LogP contribution < -0.4 is 4.90 Å². The van der Waals surface area contributed by atoms with Gasteiger partial charge in [0.05, 0.1) is 21.7 Å². The van der Waals surface area contributed by atoms with Gasteiger partial charge < -0.3 is 4.90 Å². The van der Waals surface area contributed by atoms with E-state index < -0.39 is 0 Å². The number of fused-ring (bicyclic) bond motifs is 2. The zero-order chi connectivity index (χ0) is 33.3. The van der Waals surface area contributed by atoms with Gasteiger partial charge in [0.25, 0.3) is 0 Å². The summed E-state index contributed by atoms with van der Waals surface area (Å²) < 4.78 is 0. The number of para-hydroxylation sites is 1. The molecule has 0 fully saturated rings. The third-order valence-electron chi connectivity index (χ3n) is 10.4. The highest BCUT2D eigenvalue weighted by Gasteiger charge is 2.49. The number of amidine groups is 1. The highest BCUT2D eigenvalue weighted by molar-refractivity contribution is 8.14. The molecule has 238 valence electrons. The molecule has 2 heterocycles. The van der Waals surface area contributed by atoms with Crippen LogP contribution in [0.1, 0.15) is 52.7 Å². The quantitative estimate of drug-likeness (QED) is 0.175. The second-order valence-electron chi connectivity index (χ2n) is 14.7. The molecule has 0 spiro atoms. The van der Waals surface area contributed by atoms with Gasteiger partial charge in [0.1, 0.15) is 5.84 Å². The van der Waals surface area contributed by atoms with Crippen molar-refractivity contribution in [2.75, 3.05) is 10.7 Å². The molecular weight excluding hydrogens is 603 g/mol. The van der Waals surface area contributed by atoms with E-state index in [1.54, 1.807) is 0 Å². The molecule has 0 saturated heterocycles. The summed E-state index contributed by atoms with van der Waals surface area (Å²) in [5.74, 6) is 2.04. The Kier molecular flexibility index (Phi) is 7.16. The average Bonchev–Trinajstić information content (AvgIpc) is 3.55. The van der Waals surface area contributed by atoms with Crippen molar-refractivity contribution in [2.24, 2.45) is 9.98 Å². The molecule has 0 atom stereocenters. The number of aliphatic imine (C=N–C) groups is 2. The molecule has 0 saturated carbocycles. The predicted octanol–water partition coefficient (Wildman–Crippen LogP) is 11.4. The lowest BCUT2D eigenvalue weighted by Gasteiger charge is -2.41. The first kappa shape index (κ1) is 30.7. The molecule has 8 rings (SSSR count). The summed E-state index contributed by atoms with van der Waals surface area (Å²) >= 11 is 1.86. The van der Waals surface area contributed by atoms with E-state index in [0.717, 1.165) is 27.9 Å². The minimum Gasteiger partial charge on any atom is -0.318 e. The Hall–Kier alpha value is -4.67. The molecular formula is C44H41N3S. The van der Waals surface area contributed by atoms with E-state index >= 15 is 0 Å². The van der Waals surface area contributed by atoms with Crippen molar-refractivity contribution >= 4 is 49.9 Å². The van der Waals surface area contributed by atoms with Gasteiger partial charge in [0.15, 0.2) is 0 Å². The molecule has 2 aliphatic heterocycles. The lowest BCUT2D eigenvalue weighted by molar-refractivity contribution is 0.338. The number of thioether (sulfide) groups is 1. The van der Waals surface area contributed by atoms with Crippen molar-refractivity contribution in [3.05, 3.63) is 139 Å². The van der Waals surface area contributed by atoms with Gasteiger partial charge in [-0.25, -0.2) is 0 Å². The Morgan fingerprint density at radius 3 is 1.40 bits per heavy atom. The number of nitrogens with zero attached hydrogens (tertiary/aromatic N) is 3. The van der Waals surface area contributed by atoms with Crippen LogP contribution in [0.2, 0.25) is 0 Å². The Bertz CT molecular complexity index is 2190. The normalized spacial score (nSPS) is 17.9. The Labute approximate surface area is 288 Å². The van der Waals surface area contributed by atoms with Crippen molar-refractivity contribution in [1.82, 2.24) is 0 Å². The highest BCUT2D eigenvalue weighted by Crippen LogP contribution is 2.45. The summed E-state index contributed by atoms with van der Waals surface area (Å²) in [6.45, 7) is 13.5. The molecule has 0 aliphatic carbocycles. The van der Waals surface area contributed by atoms with Crippen molar-refractivity contribution in [2.45, 2.75) is 58.2 Å². The third kappa shape index (κ3) is 4.97. The van der Waals surface area contributed by atoms with Crippen molar-refractivity contribution in [3.63, 3.8) is 0 Å². The molecule has 0 radical (unpaired) electrons. The smallest absolute Gasteiger partial charge is 0.136 e. The maximum Gasteiger partial charge on any atom is 0.136 e. The molecule has 6 aromatic carbocycles. The van der Waals surface area contributed by atoms with Crippen LogP contribution in [0.3, 0.4) is 0 Å². The van der Waals surface area contributed by atoms with Crippen LogP contribution in [0.4, 0.5) is 5.69 Å². The van der Waals surface area contributed by atoms with Crippen molar-refractivity contribution in [3.8, 4) is 22.3 Å². The van der Waals surface area contributed by atoms with E-state index in [4.69, 9.17) is 9.98 Å². The summed E-state index contributed by atoms with van der Waals surface area (Å²) in [4.78, 5) is 12.7. The molecule has 48 heavy (non-hydrogen) atoms. The second kappa shape index (κ2) is 11.2. The van der Waals surface area contributed by atoms with Crippen LogP contribution in [-0.4, -0.2) is 33.2 Å². The van der Waals surface area contributed by atoms with Crippen LogP contribution in [0.15, 0.2) is 137 Å². The number of hydrogen-bond acceptors (Lipinski definition) is 4. The summed E-state index contributed by atoms with van der Waals surface area (Å²) in [6, 6.07) is 46.5. The van der Waals surface area contributed by atoms with Gasteiger partial charge in [0.2, 0.25) is 0 Å². The molecule has 0 bridgehead atoms. The molecule has 0 amide bonds. The van der Waals surface area contributed by atoms with Crippen LogP contribution in [0, 0.1) is 0 Å². The van der Waals surface area contributed by atoms with E-state index in [0.29, 0.717) is 0 Å². The van der Waals surface area contributed by atoms with Crippen LogP contribution in [0.25, 0.3) is 43.8 Å². The van der Waals surface area contributed by atoms with E-state index in [1.165, 1.54) is 49.4 Å². The average molecular weight is 644 g/mol. The zero-order valence-electron chi connectivity index (χ0n) is 28.6. The van der Waals surface area contributed by atoms with Gasteiger partial charge in [-0.15, -0.1) is 11.8 Å². The number of hydrogen-bond donors (Lipinski definition) is 0. The van der Waals surface area contributed by atoms with Crippen molar-refractivity contribution < 1.29 is 0 Å². The standard InChI is InChI=1S/C44H41N3S/c1-42(2)28-48-41(46-42)32-26-22-30(23-27-32)39-36-18-12-10-16-34(36)38(35-17-11-13-19-37(35)39)29-20-24-31(25-21-29)40-45-43(3,4)44(5,6)47(40)33-14-8-7-9-15-33/h7-27H,28H2,1-6H3. The zero-order valence-corrected chi connectivity index (χ0v) is 29.4. The Morgan fingerprint density at radius 2 is 0.938 bits per heavy atom. The van der Waals surface area contributed by atoms with Crippen LogP contribution in [0.5, 0.6) is 0 Å². The fourth-order valence-corrected chi connectivity index (χ4v) is 8.42. The highest BCUT2D eigenvalue weighted by atomic mass is 32.2. The molecule has 2 aliphatic rings. The first-order valence-corrected chi connectivity index (χ1v) is 17.9. The second-order valence-corrected chi connectivity index (χ2v) is 15.7. The number of benzene rings is 6. The maximum absolute atomic E-state index is 5.32. The lowest BCUT2D eigenvalue weighted by Crippen LogP contribution is -2.53. The third-order valence-corrected chi connectivity index (χ3v) is 11.9. The minimum atomic E-state index is -0.253. The predicted molar refractivity (Wildman–Crippen MR) is 209 cm³/mol. The molecule has 6 aromatic rings. The van der Waals surface area contributed by atoms with E-state index in [1.807, 2.05) is 11.8 Å². The fourth-order valence-electron chi connectivity index (χ4n) is 7.25. The fraction of sp³-hybridized carbons (Fsp3) is 0.227. The van der Waals surface area contributed by atoms with Gasteiger partial charge in [-0.3, -0.25) is 9.98 Å². The topological polar surface area (TPSA) is 28.0 Å². The summed E-state index contributed by atoms with van der Waals surface area (Å²) in [5.41, 5.74) is 8.01. The van der Waals surface area contributed by atoms with E-state index in [2.05, 4.69) is 174 Å². The number of anilines is 1. The van der Waals surface area contributed by atoms with E-state index in [9.17, 15) is 0 Å². The van der Waals surface area contributed by atoms with Crippen LogP contribution >= 0.6 is 11.8 Å². The monoisotopic (exact) mass is 643 g/mol. The van der Waals surface area contributed by atoms with Crippen LogP contribution in [-0.2, 0) is 0 Å². The molecule has 0 aromatic heterocycles.